The Morgan fingerprint density at radius 1 is 0.682 bits per heavy atom. The maximum atomic E-state index is 5.47. The molecule has 0 unspecified atom stereocenters. The smallest absolute Gasteiger partial charge is 0.472 e. The molecule has 3 N–H and O–H groups in total. The Hall–Kier alpha value is -1.20. The number of rotatable bonds is 6. The molecule has 0 aromatic carbocycles. The van der Waals surface area contributed by atoms with E-state index in [4.69, 9.17) is 50.6 Å². The molecule has 0 radical (unpaired) electrons. The molecule has 3 heterocycles. The summed E-state index contributed by atoms with van der Waals surface area (Å²) in [5.41, 5.74) is 0. The summed E-state index contributed by atoms with van der Waals surface area (Å²) >= 11 is 18.6. The summed E-state index contributed by atoms with van der Waals surface area (Å²) in [6.07, 6.45) is 0. The van der Waals surface area contributed by atoms with Gasteiger partial charge in [-0.3, -0.25) is 0 Å². The highest BCUT2D eigenvalue weighted by Crippen LogP contribution is 2.19. The summed E-state index contributed by atoms with van der Waals surface area (Å²) < 4.78 is 25.5. The van der Waals surface area contributed by atoms with Gasteiger partial charge in [-0.25, -0.2) is 13.5 Å². The monoisotopic (exact) mass is 410 g/mol. The molecule has 0 aliphatic heterocycles. The minimum Gasteiger partial charge on any atom is -0.472 e. The van der Waals surface area contributed by atoms with Gasteiger partial charge in [0.05, 0.1) is 0 Å². The van der Waals surface area contributed by atoms with Gasteiger partial charge in [0.1, 0.15) is 0 Å². The van der Waals surface area contributed by atoms with E-state index in [1.54, 1.807) is 0 Å². The van der Waals surface area contributed by atoms with Crippen LogP contribution in [0.4, 0.5) is 0 Å². The van der Waals surface area contributed by atoms with Gasteiger partial charge >= 0.3 is 7.32 Å². The second-order valence-electron chi connectivity index (χ2n) is 3.34. The lowest BCUT2D eigenvalue weighted by molar-refractivity contribution is 0.291. The van der Waals surface area contributed by atoms with Crippen LogP contribution in [-0.4, -0.2) is 36.1 Å². The van der Waals surface area contributed by atoms with E-state index in [9.17, 15) is 0 Å². The Bertz CT molecular complexity index is 802. The first-order chi connectivity index (χ1) is 10.6. The van der Waals surface area contributed by atoms with Crippen molar-refractivity contribution in [1.29, 1.82) is 0 Å². The normalized spacial score (nSPS) is 10.4. The van der Waals surface area contributed by atoms with Crippen molar-refractivity contribution in [3.05, 3.63) is 11.5 Å². The predicted molar refractivity (Wildman–Crippen MR) is 89.5 cm³/mol. The van der Waals surface area contributed by atoms with Gasteiger partial charge in [0.2, 0.25) is 17.6 Å². The molecule has 3 rings (SSSR count). The van der Waals surface area contributed by atoms with Crippen molar-refractivity contribution < 1.29 is 14.0 Å². The van der Waals surface area contributed by atoms with Crippen molar-refractivity contribution >= 4 is 78.6 Å². The van der Waals surface area contributed by atoms with E-state index in [1.165, 1.54) is 0 Å². The van der Waals surface area contributed by atoms with Gasteiger partial charge in [0, 0.05) is 0 Å². The van der Waals surface area contributed by atoms with Crippen LogP contribution in [0.15, 0.2) is 0 Å². The van der Waals surface area contributed by atoms with E-state index in [0.29, 0.717) is 11.5 Å². The van der Waals surface area contributed by atoms with Gasteiger partial charge in [-0.1, -0.05) is 36.7 Å². The van der Waals surface area contributed by atoms with Crippen LogP contribution in [0.1, 0.15) is 0 Å². The van der Waals surface area contributed by atoms with Crippen molar-refractivity contribution in [1.82, 2.24) is 28.8 Å². The third kappa shape index (κ3) is 3.58. The Morgan fingerprint density at radius 3 is 1.23 bits per heavy atom. The van der Waals surface area contributed by atoms with Crippen LogP contribution >= 0.6 is 71.3 Å². The standard InChI is InChI=1S/C6H3BN6O3S6/c17-4-1(8-11-20-4)14-7(15-2-5(18)21-12-9-2)16-3-6(19)22-13-10-3/h11-13H. The van der Waals surface area contributed by atoms with Crippen LogP contribution in [0.25, 0.3) is 0 Å². The summed E-state index contributed by atoms with van der Waals surface area (Å²) in [7, 11) is -1.26. The highest BCUT2D eigenvalue weighted by molar-refractivity contribution is 7.74. The summed E-state index contributed by atoms with van der Waals surface area (Å²) in [5, 5.41) is 11.6. The Labute approximate surface area is 149 Å². The minimum absolute atomic E-state index is 0.153. The number of hydrogen-bond acceptors (Lipinski definition) is 12. The lowest BCUT2D eigenvalue weighted by Crippen LogP contribution is -2.37. The SMILES string of the molecule is S=c1s[nH]nc1OB(Oc1n[nH]sc1=S)Oc1n[nH]sc1=S. The number of aromatic nitrogens is 6. The van der Waals surface area contributed by atoms with Gasteiger partial charge in [-0.15, -0.1) is 15.3 Å². The fraction of sp³-hybridized carbons (Fsp3) is 0. The Morgan fingerprint density at radius 2 is 1.00 bits per heavy atom. The molecule has 3 aromatic heterocycles. The molecule has 0 aliphatic carbocycles. The number of aromatic amines is 3. The fourth-order valence-corrected chi connectivity index (χ4v) is 2.95. The van der Waals surface area contributed by atoms with E-state index in [2.05, 4.69) is 28.8 Å². The lowest BCUT2D eigenvalue weighted by Gasteiger charge is -2.10. The van der Waals surface area contributed by atoms with E-state index < -0.39 is 7.32 Å². The molecule has 0 bridgehead atoms. The van der Waals surface area contributed by atoms with Crippen LogP contribution in [-0.2, 0) is 0 Å². The first-order valence-corrected chi connectivity index (χ1v) is 8.92. The number of hydrogen-bond donors (Lipinski definition) is 3. The second-order valence-corrected chi connectivity index (χ2v) is 7.72. The van der Waals surface area contributed by atoms with Crippen LogP contribution in [0.5, 0.6) is 17.6 Å². The topological polar surface area (TPSA) is 114 Å². The third-order valence-corrected chi connectivity index (χ3v) is 4.91. The fourth-order valence-electron chi connectivity index (χ4n) is 1.15. The zero-order chi connectivity index (χ0) is 15.5. The Balaban J connectivity index is 1.84. The number of nitrogens with one attached hydrogen (secondary N) is 3. The van der Waals surface area contributed by atoms with Crippen LogP contribution in [0, 0.1) is 11.5 Å². The van der Waals surface area contributed by atoms with Gasteiger partial charge in [-0.2, -0.15) is 0 Å². The van der Waals surface area contributed by atoms with Crippen LogP contribution in [0.2, 0.25) is 0 Å². The van der Waals surface area contributed by atoms with E-state index >= 15 is 0 Å². The summed E-state index contributed by atoms with van der Waals surface area (Å²) in [4.78, 5) is 0. The molecule has 0 aliphatic rings. The average Bonchev–Trinajstić information content (AvgIpc) is 3.17. The maximum absolute atomic E-state index is 5.47. The highest BCUT2D eigenvalue weighted by Gasteiger charge is 2.34. The van der Waals surface area contributed by atoms with Gasteiger partial charge in [0.25, 0.3) is 0 Å². The molecule has 9 nitrogen and oxygen atoms in total. The average molecular weight is 410 g/mol. The zero-order valence-electron chi connectivity index (χ0n) is 10.1. The van der Waals surface area contributed by atoms with E-state index in [0.717, 1.165) is 34.6 Å². The molecular weight excluding hydrogens is 407 g/mol. The molecule has 0 amide bonds. The molecular formula is C6H3BN6O3S6. The highest BCUT2D eigenvalue weighted by atomic mass is 32.2. The van der Waals surface area contributed by atoms with Gasteiger partial charge in [0.15, 0.2) is 11.5 Å². The first kappa shape index (κ1) is 15.7. The van der Waals surface area contributed by atoms with Crippen LogP contribution < -0.4 is 14.0 Å². The summed E-state index contributed by atoms with van der Waals surface area (Å²) in [5.74, 6) is 0.459. The molecule has 0 spiro atoms. The van der Waals surface area contributed by atoms with E-state index in [-0.39, 0.29) is 17.6 Å². The maximum Gasteiger partial charge on any atom is 0.867 e. The summed E-state index contributed by atoms with van der Waals surface area (Å²) in [6.45, 7) is 0. The van der Waals surface area contributed by atoms with E-state index in [1.807, 2.05) is 0 Å². The molecule has 22 heavy (non-hydrogen) atoms. The molecule has 0 saturated carbocycles. The largest absolute Gasteiger partial charge is 0.867 e. The minimum atomic E-state index is -1.26. The Kier molecular flexibility index (Phi) is 4.94. The molecule has 0 saturated heterocycles. The van der Waals surface area contributed by atoms with Crippen molar-refractivity contribution in [3.63, 3.8) is 0 Å². The van der Waals surface area contributed by atoms with Crippen molar-refractivity contribution in [3.8, 4) is 17.6 Å². The molecule has 0 atom stereocenters. The number of H-pyrrole nitrogens is 3. The summed E-state index contributed by atoms with van der Waals surface area (Å²) in [6, 6.07) is 0. The second kappa shape index (κ2) is 6.92. The zero-order valence-corrected chi connectivity index (χ0v) is 15.0. The van der Waals surface area contributed by atoms with Gasteiger partial charge < -0.3 is 14.0 Å². The lowest BCUT2D eigenvalue weighted by atomic mass is 10.2. The molecule has 114 valence electrons. The molecule has 3 aromatic rings. The predicted octanol–water partition coefficient (Wildman–Crippen LogP) is 2.75. The molecule has 0 fully saturated rings. The van der Waals surface area contributed by atoms with Crippen molar-refractivity contribution in [2.45, 2.75) is 0 Å². The van der Waals surface area contributed by atoms with Gasteiger partial charge in [-0.05, 0) is 34.6 Å². The van der Waals surface area contributed by atoms with Crippen molar-refractivity contribution in [2.75, 3.05) is 0 Å². The molecule has 16 heteroatoms. The van der Waals surface area contributed by atoms with Crippen LogP contribution in [0.3, 0.4) is 0 Å². The quantitative estimate of drug-likeness (QED) is 0.417. The van der Waals surface area contributed by atoms with Crippen molar-refractivity contribution in [2.24, 2.45) is 0 Å². The number of nitrogens with zero attached hydrogens (tertiary/aromatic N) is 3. The third-order valence-electron chi connectivity index (χ3n) is 2.00. The first-order valence-electron chi connectivity index (χ1n) is 5.25.